The summed E-state index contributed by atoms with van der Waals surface area (Å²) in [4.78, 5) is 49.9. The topological polar surface area (TPSA) is 113 Å². The second-order valence-electron chi connectivity index (χ2n) is 7.36. The molecule has 8 nitrogen and oxygen atoms in total. The van der Waals surface area contributed by atoms with Gasteiger partial charge in [-0.1, -0.05) is 36.4 Å². The molecule has 0 bridgehead atoms. The minimum absolute atomic E-state index is 0. The van der Waals surface area contributed by atoms with Crippen molar-refractivity contribution in [3.05, 3.63) is 109 Å². The molecule has 0 saturated heterocycles. The smallest absolute Gasteiger partial charge is 0.545 e. The van der Waals surface area contributed by atoms with Crippen LogP contribution < -0.4 is 51.2 Å². The summed E-state index contributed by atoms with van der Waals surface area (Å²) in [5.74, 6) is -2.12. The van der Waals surface area contributed by atoms with E-state index in [1.165, 1.54) is 47.0 Å². The van der Waals surface area contributed by atoms with Crippen molar-refractivity contribution in [2.24, 2.45) is 0 Å². The van der Waals surface area contributed by atoms with E-state index in [-0.39, 0.29) is 58.9 Å². The van der Waals surface area contributed by atoms with E-state index in [2.05, 4.69) is 5.32 Å². The first-order chi connectivity index (χ1) is 15.7. The molecule has 4 aromatic rings. The van der Waals surface area contributed by atoms with Gasteiger partial charge < -0.3 is 15.2 Å². The predicted molar refractivity (Wildman–Crippen MR) is 118 cm³/mol. The molecule has 2 aromatic heterocycles. The van der Waals surface area contributed by atoms with Crippen LogP contribution in [0, 0.1) is 12.7 Å². The van der Waals surface area contributed by atoms with Gasteiger partial charge >= 0.3 is 35.2 Å². The van der Waals surface area contributed by atoms with E-state index < -0.39 is 23.1 Å². The second-order valence-corrected chi connectivity index (χ2v) is 8.39. The van der Waals surface area contributed by atoms with Crippen LogP contribution in [0.15, 0.2) is 64.3 Å². The average molecular weight is 489 g/mol. The van der Waals surface area contributed by atoms with Gasteiger partial charge in [0.25, 0.3) is 11.5 Å². The third-order valence-electron chi connectivity index (χ3n) is 5.12. The molecule has 1 amide bonds. The fourth-order valence-corrected chi connectivity index (χ4v) is 4.31. The standard InChI is InChI=1S/C23H18FN3O5S.Na/c1-13-20(29)26(11-15-2-6-16(7-3-15)22(30)31)23(32)27-12-18(33-21(13)27)19(28)25-10-14-4-8-17(24)9-5-14;/h2-9,12H,10-11H2,1H3,(H,25,28)(H,30,31);/q;+1/p-1. The molecular weight excluding hydrogens is 472 g/mol. The first-order valence-corrected chi connectivity index (χ1v) is 10.6. The van der Waals surface area contributed by atoms with Crippen molar-refractivity contribution in [2.45, 2.75) is 20.0 Å². The number of carbonyl (C=O) groups excluding carboxylic acids is 2. The fourth-order valence-electron chi connectivity index (χ4n) is 3.31. The van der Waals surface area contributed by atoms with E-state index in [0.717, 1.165) is 15.9 Å². The largest absolute Gasteiger partial charge is 1.00 e. The number of hydrogen-bond acceptors (Lipinski definition) is 6. The number of thiazole rings is 1. The number of carboxylic acid groups (broad SMARTS) is 1. The van der Waals surface area contributed by atoms with Crippen LogP contribution in [0.5, 0.6) is 0 Å². The van der Waals surface area contributed by atoms with Crippen molar-refractivity contribution in [3.63, 3.8) is 0 Å². The molecule has 0 aliphatic heterocycles. The minimum atomic E-state index is -1.32. The second kappa shape index (κ2) is 10.5. The Hall–Kier alpha value is -3.05. The Kier molecular flexibility index (Phi) is 7.88. The van der Waals surface area contributed by atoms with Crippen LogP contribution in [-0.4, -0.2) is 20.8 Å². The number of aryl methyl sites for hydroxylation is 1. The van der Waals surface area contributed by atoms with Crippen LogP contribution in [0.4, 0.5) is 4.39 Å². The molecule has 2 heterocycles. The monoisotopic (exact) mass is 489 g/mol. The molecule has 0 unspecified atom stereocenters. The van der Waals surface area contributed by atoms with E-state index in [9.17, 15) is 28.7 Å². The summed E-state index contributed by atoms with van der Waals surface area (Å²) in [6.07, 6.45) is 1.38. The molecule has 4 rings (SSSR count). The third-order valence-corrected chi connectivity index (χ3v) is 6.32. The normalized spacial score (nSPS) is 10.6. The van der Waals surface area contributed by atoms with Gasteiger partial charge in [0, 0.05) is 18.3 Å². The van der Waals surface area contributed by atoms with E-state index in [1.54, 1.807) is 19.1 Å². The number of aromatic carboxylic acids is 1. The number of halogens is 1. The summed E-state index contributed by atoms with van der Waals surface area (Å²) in [5.41, 5.74) is 0.462. The van der Waals surface area contributed by atoms with Gasteiger partial charge in [-0.2, -0.15) is 0 Å². The van der Waals surface area contributed by atoms with E-state index >= 15 is 0 Å². The first-order valence-electron chi connectivity index (χ1n) is 9.83. The Bertz CT molecular complexity index is 1490. The zero-order valence-electron chi connectivity index (χ0n) is 18.3. The maximum absolute atomic E-state index is 13.0. The molecular formula is C23H17FN3NaO5S. The Morgan fingerprint density at radius 1 is 1.03 bits per heavy atom. The van der Waals surface area contributed by atoms with Gasteiger partial charge in [-0.3, -0.25) is 18.6 Å². The van der Waals surface area contributed by atoms with E-state index in [1.807, 2.05) is 0 Å². The molecule has 34 heavy (non-hydrogen) atoms. The van der Waals surface area contributed by atoms with E-state index in [0.29, 0.717) is 21.5 Å². The van der Waals surface area contributed by atoms with Gasteiger partial charge in [0.05, 0.1) is 12.5 Å². The SMILES string of the molecule is Cc1c(=O)n(Cc2ccc(C(=O)[O-])cc2)c(=O)n2cc(C(=O)NCc3ccc(F)cc3)sc12.[Na+]. The maximum Gasteiger partial charge on any atom is 1.00 e. The van der Waals surface area contributed by atoms with Crippen molar-refractivity contribution in [1.82, 2.24) is 14.3 Å². The van der Waals surface area contributed by atoms with Crippen LogP contribution in [0.1, 0.15) is 36.7 Å². The molecule has 0 atom stereocenters. The quantitative estimate of drug-likeness (QED) is 0.325. The molecule has 168 valence electrons. The number of nitrogens with zero attached hydrogens (tertiary/aromatic N) is 2. The molecule has 0 radical (unpaired) electrons. The Labute approximate surface area is 218 Å². The van der Waals surface area contributed by atoms with Gasteiger partial charge in [0.2, 0.25) is 0 Å². The zero-order valence-corrected chi connectivity index (χ0v) is 21.1. The zero-order chi connectivity index (χ0) is 23.7. The van der Waals surface area contributed by atoms with Crippen molar-refractivity contribution in [1.29, 1.82) is 0 Å². The van der Waals surface area contributed by atoms with Crippen molar-refractivity contribution in [3.8, 4) is 0 Å². The third kappa shape index (κ3) is 5.20. The number of rotatable bonds is 6. The number of nitrogens with one attached hydrogen (secondary N) is 1. The Morgan fingerprint density at radius 2 is 1.65 bits per heavy atom. The predicted octanol–water partition coefficient (Wildman–Crippen LogP) is -1.68. The van der Waals surface area contributed by atoms with Crippen LogP contribution in [0.3, 0.4) is 0 Å². The first kappa shape index (κ1) is 25.6. The Balaban J connectivity index is 0.00000324. The molecule has 0 spiro atoms. The summed E-state index contributed by atoms with van der Waals surface area (Å²) in [5, 5.41) is 13.6. The number of amides is 1. The van der Waals surface area contributed by atoms with Gasteiger partial charge in [0.1, 0.15) is 15.5 Å². The molecule has 0 saturated carbocycles. The number of hydrogen-bond donors (Lipinski definition) is 1. The Morgan fingerprint density at radius 3 is 2.26 bits per heavy atom. The van der Waals surface area contributed by atoms with Crippen molar-refractivity contribution < 1.29 is 48.6 Å². The number of benzene rings is 2. The molecule has 11 heteroatoms. The number of aromatic nitrogens is 2. The summed E-state index contributed by atoms with van der Waals surface area (Å²) in [6, 6.07) is 11.4. The molecule has 0 aliphatic carbocycles. The minimum Gasteiger partial charge on any atom is -0.545 e. The van der Waals surface area contributed by atoms with Gasteiger partial charge in [-0.15, -0.1) is 11.3 Å². The van der Waals surface area contributed by atoms with E-state index in [4.69, 9.17) is 0 Å². The molecule has 1 N–H and O–H groups in total. The van der Waals surface area contributed by atoms with Crippen LogP contribution in [0.25, 0.3) is 4.83 Å². The number of carboxylic acids is 1. The molecule has 0 fully saturated rings. The van der Waals surface area contributed by atoms with Gasteiger partial charge in [0.15, 0.2) is 0 Å². The summed E-state index contributed by atoms with van der Waals surface area (Å²) in [6.45, 7) is 1.69. The summed E-state index contributed by atoms with van der Waals surface area (Å²) >= 11 is 1.02. The molecule has 2 aromatic carbocycles. The number of fused-ring (bicyclic) bond motifs is 1. The van der Waals surface area contributed by atoms with Crippen molar-refractivity contribution in [2.75, 3.05) is 0 Å². The summed E-state index contributed by atoms with van der Waals surface area (Å²) < 4.78 is 15.3. The fraction of sp³-hybridized carbons (Fsp3) is 0.130. The van der Waals surface area contributed by atoms with Crippen molar-refractivity contribution >= 4 is 28.0 Å². The number of carbonyl (C=O) groups is 2. The maximum atomic E-state index is 13.0. The van der Waals surface area contributed by atoms with Crippen LogP contribution >= 0.6 is 11.3 Å². The van der Waals surface area contributed by atoms with Gasteiger partial charge in [-0.25, -0.2) is 9.18 Å². The van der Waals surface area contributed by atoms with Crippen LogP contribution in [-0.2, 0) is 13.1 Å². The molecule has 0 aliphatic rings. The average Bonchev–Trinajstić information content (AvgIpc) is 3.26. The van der Waals surface area contributed by atoms with Crippen LogP contribution in [0.2, 0.25) is 0 Å². The van der Waals surface area contributed by atoms with Gasteiger partial charge in [-0.05, 0) is 35.7 Å². The summed E-state index contributed by atoms with van der Waals surface area (Å²) in [7, 11) is 0.